The zero-order valence-electron chi connectivity index (χ0n) is 8.13. The van der Waals surface area contributed by atoms with E-state index in [1.807, 2.05) is 0 Å². The minimum atomic E-state index is 0.0600. The van der Waals surface area contributed by atoms with Gasteiger partial charge in [-0.2, -0.15) is 4.98 Å². The van der Waals surface area contributed by atoms with Crippen molar-refractivity contribution in [2.45, 2.75) is 0 Å². The first-order valence-electron chi connectivity index (χ1n) is 4.34. The minimum Gasteiger partial charge on any atom is -0.376 e. The van der Waals surface area contributed by atoms with E-state index >= 15 is 0 Å². The van der Waals surface area contributed by atoms with Gasteiger partial charge in [0.2, 0.25) is 5.28 Å². The molecule has 0 aliphatic carbocycles. The maximum absolute atomic E-state index is 7.65. The summed E-state index contributed by atoms with van der Waals surface area (Å²) in [5.41, 5.74) is 0.469. The van der Waals surface area contributed by atoms with Crippen LogP contribution in [0.1, 0.15) is 0 Å². The standard InChI is InChI=1S/C6H5B2ClN5/c7-8-3-11-4-5-10-1-2-14(5)13-6(9)12-4/h1-2H,3H2,(H,11,12,13)/i/hD. The first kappa shape index (κ1) is 8.11. The second-order valence-corrected chi connectivity index (χ2v) is 2.81. The monoisotopic (exact) mass is 205 g/mol. The van der Waals surface area contributed by atoms with Crippen LogP contribution < -0.4 is 5.31 Å². The highest BCUT2D eigenvalue weighted by Gasteiger charge is 2.06. The lowest BCUT2D eigenvalue weighted by Crippen LogP contribution is -2.12. The highest BCUT2D eigenvalue weighted by atomic mass is 35.5. The van der Waals surface area contributed by atoms with Crippen molar-refractivity contribution in [1.82, 2.24) is 19.6 Å². The summed E-state index contributed by atoms with van der Waals surface area (Å²) >= 11 is 5.70. The first-order chi connectivity index (χ1) is 7.22. The molecule has 2 heterocycles. The third-order valence-corrected chi connectivity index (χ3v) is 1.72. The van der Waals surface area contributed by atoms with E-state index in [2.05, 4.69) is 15.1 Å². The van der Waals surface area contributed by atoms with Crippen molar-refractivity contribution in [3.63, 3.8) is 0 Å². The van der Waals surface area contributed by atoms with E-state index in [0.717, 1.165) is 5.31 Å². The average molecular weight is 205 g/mol. The van der Waals surface area contributed by atoms with Gasteiger partial charge in [0.05, 0.1) is 7.17 Å². The summed E-state index contributed by atoms with van der Waals surface area (Å²) in [4.78, 5) is 7.95. The van der Waals surface area contributed by atoms with E-state index in [-0.39, 0.29) is 11.7 Å². The molecule has 0 aliphatic heterocycles. The molecule has 0 spiro atoms. The summed E-state index contributed by atoms with van der Waals surface area (Å²) in [6.07, 6.45) is 3.42. The number of aromatic nitrogens is 4. The third-order valence-electron chi connectivity index (χ3n) is 1.56. The Morgan fingerprint density at radius 2 is 2.64 bits per heavy atom. The molecule has 2 rings (SSSR count). The minimum absolute atomic E-state index is 0.0600. The maximum Gasteiger partial charge on any atom is 0.243 e. The Morgan fingerprint density at radius 1 is 1.79 bits per heavy atom. The van der Waals surface area contributed by atoms with E-state index in [4.69, 9.17) is 20.7 Å². The predicted molar refractivity (Wildman–Crippen MR) is 55.8 cm³/mol. The summed E-state index contributed by atoms with van der Waals surface area (Å²) in [6, 6.07) is 0. The summed E-state index contributed by atoms with van der Waals surface area (Å²) in [5, 5.41) is 5.05. The lowest BCUT2D eigenvalue weighted by molar-refractivity contribution is 0.900. The fourth-order valence-electron chi connectivity index (χ4n) is 1.03. The quantitative estimate of drug-likeness (QED) is 0.713. The van der Waals surface area contributed by atoms with Crippen molar-refractivity contribution < 1.29 is 1.41 Å². The Kier molecular flexibility index (Phi) is 2.24. The molecule has 14 heavy (non-hydrogen) atoms. The topological polar surface area (TPSA) is 55.1 Å². The van der Waals surface area contributed by atoms with Crippen LogP contribution >= 0.6 is 11.6 Å². The van der Waals surface area contributed by atoms with Crippen molar-refractivity contribution in [3.05, 3.63) is 17.7 Å². The van der Waals surface area contributed by atoms with Crippen LogP contribution in [0.25, 0.3) is 5.65 Å². The van der Waals surface area contributed by atoms with Gasteiger partial charge in [-0.05, 0) is 18.0 Å². The van der Waals surface area contributed by atoms with Crippen molar-refractivity contribution in [3.8, 4) is 0 Å². The number of imidazole rings is 1. The Balaban J connectivity index is 2.52. The molecule has 67 valence electrons. The molecule has 3 radical (unpaired) electrons. The van der Waals surface area contributed by atoms with Gasteiger partial charge in [0.15, 0.2) is 12.9 Å². The normalized spacial score (nSPS) is 11.4. The molecule has 0 atom stereocenters. The second kappa shape index (κ2) is 3.87. The van der Waals surface area contributed by atoms with Gasteiger partial charge in [0.25, 0.3) is 0 Å². The lowest BCUT2D eigenvalue weighted by atomic mass is 9.56. The largest absolute Gasteiger partial charge is 0.376 e. The Labute approximate surface area is 89.0 Å². The number of hydrogen-bond donors (Lipinski definition) is 1. The van der Waals surface area contributed by atoms with Crippen molar-refractivity contribution in [2.75, 3.05) is 11.8 Å². The van der Waals surface area contributed by atoms with E-state index in [1.165, 1.54) is 11.7 Å². The van der Waals surface area contributed by atoms with Gasteiger partial charge in [0.1, 0.15) is 0 Å². The molecule has 1 N–H and O–H groups in total. The summed E-state index contributed by atoms with van der Waals surface area (Å²) in [7, 11) is 6.58. The average Bonchev–Trinajstić information content (AvgIpc) is 2.64. The van der Waals surface area contributed by atoms with Gasteiger partial charge < -0.3 is 5.31 Å². The van der Waals surface area contributed by atoms with Crippen LogP contribution in [0.15, 0.2) is 12.4 Å². The number of rotatable bonds is 3. The molecule has 8 heteroatoms. The molecule has 5 nitrogen and oxygen atoms in total. The number of nitrogens with one attached hydrogen (secondary N) is 1. The van der Waals surface area contributed by atoms with Gasteiger partial charge >= 0.3 is 0 Å². The van der Waals surface area contributed by atoms with Crippen LogP contribution in [0.5, 0.6) is 0 Å². The summed E-state index contributed by atoms with van der Waals surface area (Å²) in [6.45, 7) is 0. The predicted octanol–water partition coefficient (Wildman–Crippen LogP) is -0.0652. The molecule has 0 bridgehead atoms. The molecule has 0 aliphatic rings. The van der Waals surface area contributed by atoms with Crippen LogP contribution in [0.3, 0.4) is 0 Å². The number of hydrogen-bond acceptors (Lipinski definition) is 4. The van der Waals surface area contributed by atoms with Crippen LogP contribution in [0.4, 0.5) is 5.82 Å². The molecule has 2 aromatic rings. The number of fused-ring (bicyclic) bond motifs is 1. The molecule has 0 saturated carbocycles. The van der Waals surface area contributed by atoms with Crippen LogP contribution in [0, 0.1) is 0 Å². The zero-order chi connectivity index (χ0) is 10.8. The Hall–Kier alpha value is -1.23. The molecule has 0 aromatic carbocycles. The van der Waals surface area contributed by atoms with E-state index < -0.39 is 0 Å². The van der Waals surface area contributed by atoms with Gasteiger partial charge in [-0.3, -0.25) is 0 Å². The fourth-order valence-corrected chi connectivity index (χ4v) is 1.19. The van der Waals surface area contributed by atoms with Gasteiger partial charge in [-0.25, -0.2) is 9.50 Å². The van der Waals surface area contributed by atoms with Gasteiger partial charge in [0, 0.05) is 20.1 Å². The van der Waals surface area contributed by atoms with E-state index in [0.29, 0.717) is 11.5 Å². The fraction of sp³-hybridized carbons (Fsp3) is 0.167. The SMILES string of the molecule is [2H]N(C[B][B])c1nc(Cl)nn2ccnc12. The molecule has 0 amide bonds. The number of halogens is 1. The highest BCUT2D eigenvalue weighted by molar-refractivity contribution is 6.89. The smallest absolute Gasteiger partial charge is 0.243 e. The third kappa shape index (κ3) is 1.68. The number of nitrogens with zero attached hydrogens (tertiary/aromatic N) is 4. The van der Waals surface area contributed by atoms with Crippen LogP contribution in [-0.4, -0.2) is 40.9 Å². The lowest BCUT2D eigenvalue weighted by Gasteiger charge is -2.04. The Bertz CT molecular complexity index is 477. The van der Waals surface area contributed by atoms with E-state index in [1.54, 1.807) is 12.4 Å². The second-order valence-electron chi connectivity index (χ2n) is 2.48. The van der Waals surface area contributed by atoms with Gasteiger partial charge in [-0.1, -0.05) is 0 Å². The number of anilines is 1. The first-order valence-corrected chi connectivity index (χ1v) is 4.27. The summed E-state index contributed by atoms with van der Waals surface area (Å²) in [5.74, 6) is 0.321. The molecule has 0 unspecified atom stereocenters. The van der Waals surface area contributed by atoms with Crippen molar-refractivity contribution in [2.24, 2.45) is 0 Å². The highest BCUT2D eigenvalue weighted by Crippen LogP contribution is 2.12. The molecular weight excluding hydrogens is 199 g/mol. The van der Waals surface area contributed by atoms with E-state index in [9.17, 15) is 0 Å². The summed E-state index contributed by atoms with van der Waals surface area (Å²) < 4.78 is 9.11. The van der Waals surface area contributed by atoms with Crippen molar-refractivity contribution in [1.29, 1.82) is 0 Å². The van der Waals surface area contributed by atoms with Crippen LogP contribution in [-0.2, 0) is 0 Å². The van der Waals surface area contributed by atoms with Crippen molar-refractivity contribution >= 4 is 38.0 Å². The molecule has 0 saturated heterocycles. The molecular formula is C6H5B2ClN5. The van der Waals surface area contributed by atoms with Gasteiger partial charge in [-0.15, -0.1) is 5.10 Å². The molecule has 2 aromatic heterocycles. The van der Waals surface area contributed by atoms with Crippen LogP contribution in [0.2, 0.25) is 6.70 Å². The molecule has 0 fully saturated rings. The zero-order valence-corrected chi connectivity index (χ0v) is 7.89. The Morgan fingerprint density at radius 3 is 3.43 bits per heavy atom. The maximum atomic E-state index is 7.65.